The van der Waals surface area contributed by atoms with Gasteiger partial charge in [-0.25, -0.2) is 9.13 Å². The molecular weight excluding hydrogens is 289 g/mol. The highest BCUT2D eigenvalue weighted by Crippen LogP contribution is 2.58. The molecular formula is C9H12F3NO3P2. The lowest BCUT2D eigenvalue weighted by atomic mass is 10.0. The molecule has 4 nitrogen and oxygen atoms in total. The molecule has 0 aliphatic rings. The molecule has 0 aliphatic carbocycles. The largest absolute Gasteiger partial charge is 0.506 e. The molecule has 0 amide bonds. The number of benzene rings is 1. The van der Waals surface area contributed by atoms with E-state index in [0.29, 0.717) is 4.86 Å². The third-order valence-electron chi connectivity index (χ3n) is 2.01. The molecule has 0 saturated heterocycles. The van der Waals surface area contributed by atoms with Crippen LogP contribution in [0.4, 0.5) is 12.6 Å². The monoisotopic (exact) mass is 301 g/mol. The Bertz CT molecular complexity index is 500. The molecule has 1 N–H and O–H groups in total. The number of nitrogens with one attached hydrogen (secondary N) is 1. The second-order valence-corrected chi connectivity index (χ2v) is 6.72. The molecule has 0 bridgehead atoms. The summed E-state index contributed by atoms with van der Waals surface area (Å²) in [5.41, 5.74) is 0.922. The van der Waals surface area contributed by atoms with Gasteiger partial charge in [0.1, 0.15) is 5.75 Å². The molecule has 0 aromatic heterocycles. The van der Waals surface area contributed by atoms with Crippen LogP contribution in [0.25, 0.3) is 0 Å². The van der Waals surface area contributed by atoms with E-state index in [0.717, 1.165) is 5.56 Å². The first-order valence-corrected chi connectivity index (χ1v) is 7.97. The third-order valence-corrected chi connectivity index (χ3v) is 4.34. The van der Waals surface area contributed by atoms with Crippen LogP contribution in [0.1, 0.15) is 25.3 Å². The minimum absolute atomic E-state index is 0.189. The van der Waals surface area contributed by atoms with Gasteiger partial charge in [0.15, 0.2) is 0 Å². The van der Waals surface area contributed by atoms with Gasteiger partial charge in [-0.05, 0) is 23.6 Å². The molecule has 0 saturated carbocycles. The van der Waals surface area contributed by atoms with Crippen LogP contribution in [-0.2, 0) is 9.13 Å². The second-order valence-electron chi connectivity index (χ2n) is 3.86. The standard InChI is InChI=1S/C9H12F3NO3P2/c1-7(2)8-3-5-9(6-4-8)16-18(12,15)13-17(10,11)14/h3-7H,1-2H3,(H,13,14,15). The number of hydrogen-bond acceptors (Lipinski definition) is 3. The van der Waals surface area contributed by atoms with Gasteiger partial charge in [-0.1, -0.05) is 26.0 Å². The Kier molecular flexibility index (Phi) is 4.65. The van der Waals surface area contributed by atoms with Crippen molar-refractivity contribution in [1.29, 1.82) is 0 Å². The van der Waals surface area contributed by atoms with E-state index in [2.05, 4.69) is 4.52 Å². The Morgan fingerprint density at radius 2 is 1.61 bits per heavy atom. The van der Waals surface area contributed by atoms with Crippen LogP contribution in [0.2, 0.25) is 0 Å². The quantitative estimate of drug-likeness (QED) is 0.786. The Morgan fingerprint density at radius 1 is 1.11 bits per heavy atom. The summed E-state index contributed by atoms with van der Waals surface area (Å²) < 4.78 is 62.4. The zero-order chi connectivity index (χ0) is 14.0. The molecule has 18 heavy (non-hydrogen) atoms. The molecule has 1 rings (SSSR count). The first kappa shape index (κ1) is 15.3. The fourth-order valence-corrected chi connectivity index (χ4v) is 2.88. The van der Waals surface area contributed by atoms with Crippen LogP contribution >= 0.6 is 15.7 Å². The summed E-state index contributed by atoms with van der Waals surface area (Å²) in [6, 6.07) is 5.77. The predicted octanol–water partition coefficient (Wildman–Crippen LogP) is 4.90. The van der Waals surface area contributed by atoms with Gasteiger partial charge in [0, 0.05) is 0 Å². The van der Waals surface area contributed by atoms with Gasteiger partial charge < -0.3 is 4.52 Å². The van der Waals surface area contributed by atoms with Crippen molar-refractivity contribution in [2.45, 2.75) is 19.8 Å². The van der Waals surface area contributed by atoms with Crippen molar-refractivity contribution >= 4 is 15.7 Å². The second kappa shape index (κ2) is 5.47. The first-order valence-electron chi connectivity index (χ1n) is 4.97. The van der Waals surface area contributed by atoms with Crippen LogP contribution in [0, 0.1) is 0 Å². The van der Waals surface area contributed by atoms with Crippen LogP contribution in [-0.4, -0.2) is 0 Å². The van der Waals surface area contributed by atoms with Gasteiger partial charge in [0.05, 0.1) is 0 Å². The van der Waals surface area contributed by atoms with Gasteiger partial charge >= 0.3 is 15.7 Å². The summed E-state index contributed by atoms with van der Waals surface area (Å²) in [5, 5.41) is 0. The van der Waals surface area contributed by atoms with Gasteiger partial charge in [-0.2, -0.15) is 0 Å². The maximum Gasteiger partial charge on any atom is 0.506 e. The smallest absolute Gasteiger partial charge is 0.410 e. The van der Waals surface area contributed by atoms with Gasteiger partial charge in [0.25, 0.3) is 0 Å². The van der Waals surface area contributed by atoms with Crippen LogP contribution in [0.5, 0.6) is 5.75 Å². The molecule has 1 unspecified atom stereocenters. The van der Waals surface area contributed by atoms with E-state index in [4.69, 9.17) is 0 Å². The summed E-state index contributed by atoms with van der Waals surface area (Å²) in [4.78, 5) is 0.570. The lowest BCUT2D eigenvalue weighted by Gasteiger charge is -2.12. The molecule has 1 aromatic rings. The highest BCUT2D eigenvalue weighted by molar-refractivity contribution is 7.67. The van der Waals surface area contributed by atoms with E-state index in [1.54, 1.807) is 12.1 Å². The van der Waals surface area contributed by atoms with Crippen molar-refractivity contribution in [2.24, 2.45) is 0 Å². The van der Waals surface area contributed by atoms with Crippen LogP contribution < -0.4 is 9.38 Å². The Balaban J connectivity index is 2.78. The van der Waals surface area contributed by atoms with Crippen molar-refractivity contribution in [3.8, 4) is 5.75 Å². The molecule has 1 aromatic carbocycles. The lowest BCUT2D eigenvalue weighted by Crippen LogP contribution is -2.04. The number of hydrogen-bond donors (Lipinski definition) is 1. The maximum atomic E-state index is 13.1. The minimum atomic E-state index is -5.96. The highest BCUT2D eigenvalue weighted by atomic mass is 31.3. The van der Waals surface area contributed by atoms with Crippen molar-refractivity contribution < 1.29 is 26.2 Å². The molecule has 1 atom stereocenters. The third kappa shape index (κ3) is 5.25. The van der Waals surface area contributed by atoms with Gasteiger partial charge in [-0.3, -0.25) is 0 Å². The first-order chi connectivity index (χ1) is 8.09. The maximum absolute atomic E-state index is 13.1. The minimum Gasteiger partial charge on any atom is -0.410 e. The lowest BCUT2D eigenvalue weighted by molar-refractivity contribution is 0.420. The average Bonchev–Trinajstić information content (AvgIpc) is 2.13. The summed E-state index contributed by atoms with van der Waals surface area (Å²) in [6.45, 7) is 3.86. The van der Waals surface area contributed by atoms with E-state index in [1.807, 2.05) is 13.8 Å². The van der Waals surface area contributed by atoms with E-state index >= 15 is 0 Å². The fraction of sp³-hybridized carbons (Fsp3) is 0.333. The molecule has 0 spiro atoms. The molecule has 0 radical (unpaired) electrons. The normalized spacial score (nSPS) is 15.4. The molecule has 0 heterocycles. The van der Waals surface area contributed by atoms with E-state index in [1.165, 1.54) is 12.1 Å². The molecule has 9 heteroatoms. The number of rotatable bonds is 5. The average molecular weight is 301 g/mol. The highest BCUT2D eigenvalue weighted by Gasteiger charge is 2.36. The summed E-state index contributed by atoms with van der Waals surface area (Å²) in [6.07, 6.45) is 0. The van der Waals surface area contributed by atoms with Gasteiger partial charge in [0.2, 0.25) is 0 Å². The van der Waals surface area contributed by atoms with Crippen LogP contribution in [0.3, 0.4) is 0 Å². The van der Waals surface area contributed by atoms with Crippen LogP contribution in [0.15, 0.2) is 24.3 Å². The fourth-order valence-electron chi connectivity index (χ4n) is 1.21. The summed E-state index contributed by atoms with van der Waals surface area (Å²) in [5.74, 6) is 0.0393. The van der Waals surface area contributed by atoms with Gasteiger partial charge in [-0.15, -0.1) is 17.4 Å². The summed E-state index contributed by atoms with van der Waals surface area (Å²) >= 11 is 0. The van der Waals surface area contributed by atoms with Crippen molar-refractivity contribution in [3.63, 3.8) is 0 Å². The molecule has 102 valence electrons. The zero-order valence-corrected chi connectivity index (χ0v) is 11.4. The summed E-state index contributed by atoms with van der Waals surface area (Å²) in [7, 11) is -11.3. The zero-order valence-electron chi connectivity index (χ0n) is 9.64. The predicted molar refractivity (Wildman–Crippen MR) is 62.8 cm³/mol. The van der Waals surface area contributed by atoms with Crippen molar-refractivity contribution in [1.82, 2.24) is 4.86 Å². The molecule has 0 aliphatic heterocycles. The Hall–Kier alpha value is -0.770. The topological polar surface area (TPSA) is 55.4 Å². The van der Waals surface area contributed by atoms with E-state index in [-0.39, 0.29) is 11.7 Å². The number of halogens is 3. The van der Waals surface area contributed by atoms with Crippen molar-refractivity contribution in [2.75, 3.05) is 0 Å². The van der Waals surface area contributed by atoms with E-state index in [9.17, 15) is 21.7 Å². The molecule has 0 fully saturated rings. The SMILES string of the molecule is CC(C)c1ccc(OP(=O)(F)NP(=O)(F)F)cc1. The Labute approximate surface area is 103 Å². The van der Waals surface area contributed by atoms with E-state index < -0.39 is 15.7 Å². The van der Waals surface area contributed by atoms with Crippen molar-refractivity contribution in [3.05, 3.63) is 29.8 Å². The Morgan fingerprint density at radius 3 is 2.00 bits per heavy atom.